The molecule has 1 aliphatic heterocycles. The van der Waals surface area contributed by atoms with Crippen molar-refractivity contribution in [1.29, 1.82) is 0 Å². The van der Waals surface area contributed by atoms with E-state index in [1.54, 1.807) is 42.5 Å². The van der Waals surface area contributed by atoms with Crippen LogP contribution in [-0.2, 0) is 20.9 Å². The second-order valence-corrected chi connectivity index (χ2v) is 11.4. The monoisotopic (exact) mass is 508 g/mol. The summed E-state index contributed by atoms with van der Waals surface area (Å²) in [6.07, 6.45) is 0. The summed E-state index contributed by atoms with van der Waals surface area (Å²) in [5.74, 6) is 0.239. The number of fused-ring (bicyclic) bond motifs is 3. The van der Waals surface area contributed by atoms with Gasteiger partial charge in [-0.1, -0.05) is 78.9 Å². The van der Waals surface area contributed by atoms with Gasteiger partial charge in [-0.3, -0.25) is 0 Å². The van der Waals surface area contributed by atoms with E-state index >= 15 is 0 Å². The van der Waals surface area contributed by atoms with Crippen LogP contribution in [0.1, 0.15) is 0 Å². The molecule has 6 heteroatoms. The third-order valence-corrected chi connectivity index (χ3v) is 8.94. The minimum Gasteiger partial charge on any atom is -0.379 e. The van der Waals surface area contributed by atoms with Crippen molar-refractivity contribution in [1.82, 2.24) is 0 Å². The molecular weight excluding hydrogens is 488 g/mol. The predicted octanol–water partition coefficient (Wildman–Crippen LogP) is 6.94. The summed E-state index contributed by atoms with van der Waals surface area (Å²) in [6, 6.07) is 37.2. The Kier molecular flexibility index (Phi) is 5.55. The van der Waals surface area contributed by atoms with Crippen LogP contribution in [0.15, 0.2) is 136 Å². The van der Waals surface area contributed by atoms with Gasteiger partial charge in [0.2, 0.25) is 0 Å². The molecule has 1 heterocycles. The van der Waals surface area contributed by atoms with Crippen molar-refractivity contribution in [3.8, 4) is 39.1 Å². The van der Waals surface area contributed by atoms with Crippen LogP contribution in [-0.4, -0.2) is 12.6 Å². The van der Waals surface area contributed by atoms with Gasteiger partial charge in [0, 0.05) is 11.1 Å². The van der Waals surface area contributed by atoms with Crippen LogP contribution in [0.3, 0.4) is 0 Å². The zero-order chi connectivity index (χ0) is 24.7. The fourth-order valence-corrected chi connectivity index (χ4v) is 6.69. The molecular formula is C30H20O4S2. The highest BCUT2D eigenvalue weighted by atomic mass is 32.2. The van der Waals surface area contributed by atoms with E-state index in [-0.39, 0.29) is 10.6 Å². The van der Waals surface area contributed by atoms with Gasteiger partial charge >= 0.3 is 10.1 Å². The summed E-state index contributed by atoms with van der Waals surface area (Å²) >= 11 is 0. The van der Waals surface area contributed by atoms with Gasteiger partial charge in [0.05, 0.1) is 20.6 Å². The molecule has 0 spiro atoms. The summed E-state index contributed by atoms with van der Waals surface area (Å²) in [5, 5.41) is 0. The van der Waals surface area contributed by atoms with Gasteiger partial charge in [0.1, 0.15) is 10.6 Å². The van der Waals surface area contributed by atoms with E-state index in [0.29, 0.717) is 15.4 Å². The van der Waals surface area contributed by atoms with Gasteiger partial charge < -0.3 is 4.18 Å². The minimum absolute atomic E-state index is 0.0209. The lowest BCUT2D eigenvalue weighted by atomic mass is 9.97. The van der Waals surface area contributed by atoms with Crippen LogP contribution in [0.25, 0.3) is 33.4 Å². The molecule has 176 valence electrons. The number of benzene rings is 5. The van der Waals surface area contributed by atoms with Crippen molar-refractivity contribution in [2.45, 2.75) is 14.7 Å². The Balaban J connectivity index is 1.37. The van der Waals surface area contributed by atoms with Crippen LogP contribution in [0.4, 0.5) is 0 Å². The number of rotatable bonds is 5. The standard InChI is InChI=1S/C30H20O4S2/c31-35-29-17-15-24(23-13-11-22(12-14-23)21-7-3-1-4-8-21)19-27(29)28-20-26(16-18-30(28)35)36(32,33)34-25-9-5-2-6-10-25/h1-20H. The second kappa shape index (κ2) is 8.90. The molecule has 1 aliphatic rings. The van der Waals surface area contributed by atoms with Gasteiger partial charge in [-0.2, -0.15) is 8.42 Å². The molecule has 1 atom stereocenters. The molecule has 1 unspecified atom stereocenters. The molecule has 5 aromatic rings. The molecule has 0 amide bonds. The van der Waals surface area contributed by atoms with E-state index in [1.165, 1.54) is 6.07 Å². The fourth-order valence-electron chi connectivity index (χ4n) is 4.37. The molecule has 0 bridgehead atoms. The van der Waals surface area contributed by atoms with E-state index < -0.39 is 20.9 Å². The highest BCUT2D eigenvalue weighted by Gasteiger charge is 2.29. The summed E-state index contributed by atoms with van der Waals surface area (Å²) in [7, 11) is -5.42. The molecule has 36 heavy (non-hydrogen) atoms. The first-order valence-electron chi connectivity index (χ1n) is 11.4. The lowest BCUT2D eigenvalue weighted by molar-refractivity contribution is 0.486. The second-order valence-electron chi connectivity index (χ2n) is 8.43. The van der Waals surface area contributed by atoms with Gasteiger partial charge in [-0.15, -0.1) is 0 Å². The van der Waals surface area contributed by atoms with Crippen LogP contribution in [0, 0.1) is 0 Å². The highest BCUT2D eigenvalue weighted by Crippen LogP contribution is 2.43. The zero-order valence-corrected chi connectivity index (χ0v) is 20.6. The molecule has 6 rings (SSSR count). The van der Waals surface area contributed by atoms with Crippen LogP contribution >= 0.6 is 0 Å². The maximum Gasteiger partial charge on any atom is 0.339 e. The van der Waals surface area contributed by atoms with Crippen molar-refractivity contribution in [3.05, 3.63) is 121 Å². The van der Waals surface area contributed by atoms with Gasteiger partial charge in [0.25, 0.3) is 0 Å². The highest BCUT2D eigenvalue weighted by molar-refractivity contribution is 7.87. The lowest BCUT2D eigenvalue weighted by Gasteiger charge is -2.09. The van der Waals surface area contributed by atoms with Crippen LogP contribution < -0.4 is 4.18 Å². The van der Waals surface area contributed by atoms with Crippen molar-refractivity contribution >= 4 is 20.9 Å². The maximum atomic E-state index is 13.1. The number of hydrogen-bond acceptors (Lipinski definition) is 4. The normalized spacial score (nSPS) is 14.2. The molecule has 0 saturated heterocycles. The van der Waals surface area contributed by atoms with Crippen LogP contribution in [0.2, 0.25) is 0 Å². The summed E-state index contributed by atoms with van der Waals surface area (Å²) in [5.41, 5.74) is 5.67. The smallest absolute Gasteiger partial charge is 0.339 e. The molecule has 4 nitrogen and oxygen atoms in total. The number of hydrogen-bond donors (Lipinski definition) is 0. The van der Waals surface area contributed by atoms with E-state index in [1.807, 2.05) is 36.4 Å². The average Bonchev–Trinajstić information content (AvgIpc) is 3.20. The lowest BCUT2D eigenvalue weighted by Crippen LogP contribution is -2.09. The zero-order valence-electron chi connectivity index (χ0n) is 19.0. The molecule has 0 radical (unpaired) electrons. The van der Waals surface area contributed by atoms with Gasteiger partial charge in [-0.25, -0.2) is 4.21 Å². The first-order chi connectivity index (χ1) is 17.5. The Bertz CT molecular complexity index is 1710. The van der Waals surface area contributed by atoms with E-state index in [2.05, 4.69) is 36.4 Å². The largest absolute Gasteiger partial charge is 0.379 e. The Morgan fingerprint density at radius 1 is 0.528 bits per heavy atom. The Morgan fingerprint density at radius 3 is 1.69 bits per heavy atom. The Labute approximate surface area is 212 Å². The van der Waals surface area contributed by atoms with Gasteiger partial charge in [-0.05, 0) is 64.7 Å². The number of para-hydroxylation sites is 1. The first-order valence-corrected chi connectivity index (χ1v) is 13.9. The van der Waals surface area contributed by atoms with Crippen molar-refractivity contribution in [2.24, 2.45) is 0 Å². The van der Waals surface area contributed by atoms with E-state index in [9.17, 15) is 12.6 Å². The molecule has 0 aliphatic carbocycles. The topological polar surface area (TPSA) is 60.4 Å². The summed E-state index contributed by atoms with van der Waals surface area (Å²) < 4.78 is 44.3. The summed E-state index contributed by atoms with van der Waals surface area (Å²) in [6.45, 7) is 0. The third-order valence-electron chi connectivity index (χ3n) is 6.18. The fraction of sp³-hybridized carbons (Fsp3) is 0. The minimum atomic E-state index is -4.05. The van der Waals surface area contributed by atoms with E-state index in [0.717, 1.165) is 27.8 Å². The predicted molar refractivity (Wildman–Crippen MR) is 142 cm³/mol. The maximum absolute atomic E-state index is 13.1. The van der Waals surface area contributed by atoms with Crippen molar-refractivity contribution in [3.63, 3.8) is 0 Å². The van der Waals surface area contributed by atoms with Crippen LogP contribution in [0.5, 0.6) is 5.75 Å². The quantitative estimate of drug-likeness (QED) is 0.237. The molecule has 0 N–H and O–H groups in total. The van der Waals surface area contributed by atoms with E-state index in [4.69, 9.17) is 4.18 Å². The summed E-state index contributed by atoms with van der Waals surface area (Å²) in [4.78, 5) is 1.29. The molecule has 0 saturated carbocycles. The average molecular weight is 509 g/mol. The van der Waals surface area contributed by atoms with Crippen molar-refractivity contribution in [2.75, 3.05) is 0 Å². The first kappa shape index (κ1) is 22.5. The third kappa shape index (κ3) is 4.04. The SMILES string of the molecule is O=S1c2ccc(-c3ccc(-c4ccccc4)cc3)cc2-c2cc(S(=O)(=O)Oc3ccccc3)ccc21. The molecule has 0 fully saturated rings. The molecule has 5 aromatic carbocycles. The Hall–Kier alpha value is -4.00. The Morgan fingerprint density at radius 2 is 1.03 bits per heavy atom. The van der Waals surface area contributed by atoms with Crippen molar-refractivity contribution < 1.29 is 16.8 Å². The van der Waals surface area contributed by atoms with Gasteiger partial charge in [0.15, 0.2) is 0 Å². The molecule has 0 aromatic heterocycles.